The lowest BCUT2D eigenvalue weighted by atomic mass is 10.1. The molecule has 0 saturated carbocycles. The number of hydrogen-bond donors (Lipinski definition) is 0. The number of nitro benzene ring substituents is 1. The van der Waals surface area contributed by atoms with E-state index in [-0.39, 0.29) is 22.3 Å². The van der Waals surface area contributed by atoms with Crippen LogP contribution in [0.25, 0.3) is 6.08 Å². The average molecular weight is 449 g/mol. The molecule has 0 atom stereocenters. The third-order valence-corrected chi connectivity index (χ3v) is 4.99. The van der Waals surface area contributed by atoms with Crippen LogP contribution in [0.1, 0.15) is 16.7 Å². The number of aliphatic imine (C=N–C) groups is 1. The van der Waals surface area contributed by atoms with Gasteiger partial charge < -0.3 is 9.47 Å². The third kappa shape index (κ3) is 5.01. The molecule has 4 rings (SSSR count). The van der Waals surface area contributed by atoms with E-state index in [1.807, 2.05) is 48.5 Å². The number of esters is 1. The molecule has 8 heteroatoms. The summed E-state index contributed by atoms with van der Waals surface area (Å²) in [6, 6.07) is 21.2. The van der Waals surface area contributed by atoms with E-state index in [2.05, 4.69) is 4.99 Å². The normalized spacial score (nSPS) is 14.2. The molecule has 0 unspecified atom stereocenters. The smallest absolute Gasteiger partial charge is 0.363 e. The van der Waals surface area contributed by atoms with Crippen molar-refractivity contribution in [2.75, 3.05) is 6.61 Å². The lowest BCUT2D eigenvalue weighted by Crippen LogP contribution is -2.06. The second kappa shape index (κ2) is 9.45. The molecule has 160 valence electrons. The minimum Gasteiger partial charge on any atom is -0.493 e. The Morgan fingerprint density at radius 2 is 1.88 bits per heavy atom. The van der Waals surface area contributed by atoms with E-state index in [0.29, 0.717) is 23.5 Å². The summed E-state index contributed by atoms with van der Waals surface area (Å²) in [4.78, 5) is 26.8. The van der Waals surface area contributed by atoms with Crippen molar-refractivity contribution in [1.29, 1.82) is 0 Å². The molecule has 3 aromatic rings. The van der Waals surface area contributed by atoms with E-state index < -0.39 is 10.9 Å². The van der Waals surface area contributed by atoms with E-state index in [4.69, 9.17) is 21.1 Å². The molecule has 7 nitrogen and oxygen atoms in total. The zero-order valence-electron chi connectivity index (χ0n) is 16.7. The van der Waals surface area contributed by atoms with Gasteiger partial charge in [-0.2, -0.15) is 0 Å². The molecular weight excluding hydrogens is 432 g/mol. The number of carbonyl (C=O) groups excluding carboxylic acids is 1. The summed E-state index contributed by atoms with van der Waals surface area (Å²) in [5.41, 5.74) is 2.13. The van der Waals surface area contributed by atoms with Crippen molar-refractivity contribution in [3.63, 3.8) is 0 Å². The van der Waals surface area contributed by atoms with Crippen LogP contribution in [0.15, 0.2) is 83.5 Å². The van der Waals surface area contributed by atoms with Crippen LogP contribution < -0.4 is 4.74 Å². The summed E-state index contributed by atoms with van der Waals surface area (Å²) in [6.45, 7) is 0.521. The number of rotatable bonds is 7. The van der Waals surface area contributed by atoms with Gasteiger partial charge in [0, 0.05) is 18.6 Å². The van der Waals surface area contributed by atoms with E-state index in [0.717, 1.165) is 6.42 Å². The zero-order chi connectivity index (χ0) is 22.5. The third-order valence-electron chi connectivity index (χ3n) is 4.68. The van der Waals surface area contributed by atoms with Gasteiger partial charge in [0.15, 0.2) is 5.70 Å². The van der Waals surface area contributed by atoms with E-state index in [9.17, 15) is 14.9 Å². The van der Waals surface area contributed by atoms with Gasteiger partial charge in [0.05, 0.1) is 22.1 Å². The lowest BCUT2D eigenvalue weighted by molar-refractivity contribution is -0.384. The fourth-order valence-electron chi connectivity index (χ4n) is 3.10. The zero-order valence-corrected chi connectivity index (χ0v) is 17.5. The van der Waals surface area contributed by atoms with Gasteiger partial charge in [0.25, 0.3) is 5.69 Å². The predicted molar refractivity (Wildman–Crippen MR) is 121 cm³/mol. The minimum absolute atomic E-state index is 0.00332. The van der Waals surface area contributed by atoms with Gasteiger partial charge in [-0.25, -0.2) is 9.79 Å². The number of nitrogens with zero attached hydrogens (tertiary/aromatic N) is 2. The summed E-state index contributed by atoms with van der Waals surface area (Å²) in [6.07, 6.45) is 2.36. The average Bonchev–Trinajstić information content (AvgIpc) is 3.14. The maximum absolute atomic E-state index is 12.3. The molecule has 0 amide bonds. The van der Waals surface area contributed by atoms with Gasteiger partial charge in [-0.15, -0.1) is 0 Å². The van der Waals surface area contributed by atoms with Crippen LogP contribution in [0.4, 0.5) is 5.69 Å². The van der Waals surface area contributed by atoms with Crippen LogP contribution in [0, 0.1) is 10.1 Å². The second-order valence-electron chi connectivity index (χ2n) is 6.91. The van der Waals surface area contributed by atoms with E-state index in [1.165, 1.54) is 23.8 Å². The molecule has 0 saturated heterocycles. The van der Waals surface area contributed by atoms with Crippen LogP contribution in [0.3, 0.4) is 0 Å². The number of carbonyl (C=O) groups is 1. The summed E-state index contributed by atoms with van der Waals surface area (Å²) in [5.74, 6) is 0.0329. The Morgan fingerprint density at radius 3 is 2.62 bits per heavy atom. The topological polar surface area (TPSA) is 91.0 Å². The van der Waals surface area contributed by atoms with Crippen molar-refractivity contribution >= 4 is 35.2 Å². The summed E-state index contributed by atoms with van der Waals surface area (Å²) >= 11 is 6.11. The highest BCUT2D eigenvalue weighted by Gasteiger charge is 2.26. The highest BCUT2D eigenvalue weighted by molar-refractivity contribution is 6.34. The molecule has 1 aliphatic heterocycles. The Labute approximate surface area is 188 Å². The fourth-order valence-corrected chi connectivity index (χ4v) is 3.35. The number of nitro groups is 1. The Morgan fingerprint density at radius 1 is 1.06 bits per heavy atom. The molecule has 0 radical (unpaired) electrons. The Kier molecular flexibility index (Phi) is 6.28. The first-order chi connectivity index (χ1) is 15.5. The SMILES string of the molecule is O=C1OC(c2ccc([N+](=O)[O-])cc2Cl)=N/C1=C\c1cccc(OCCc2ccccc2)c1. The van der Waals surface area contributed by atoms with E-state index >= 15 is 0 Å². The number of halogens is 1. The highest BCUT2D eigenvalue weighted by Crippen LogP contribution is 2.27. The molecule has 0 fully saturated rings. The van der Waals surface area contributed by atoms with Crippen LogP contribution in [-0.4, -0.2) is 23.4 Å². The number of benzene rings is 3. The largest absolute Gasteiger partial charge is 0.493 e. The number of hydrogen-bond acceptors (Lipinski definition) is 6. The molecule has 0 aliphatic carbocycles. The maximum Gasteiger partial charge on any atom is 0.363 e. The van der Waals surface area contributed by atoms with Crippen molar-refractivity contribution < 1.29 is 19.2 Å². The first kappa shape index (κ1) is 21.3. The maximum atomic E-state index is 12.3. The summed E-state index contributed by atoms with van der Waals surface area (Å²) in [7, 11) is 0. The first-order valence-corrected chi connectivity index (χ1v) is 10.1. The molecular formula is C24H17ClN2O5. The number of non-ortho nitro benzene ring substituents is 1. The standard InChI is InChI=1S/C24H17ClN2O5/c25-21-15-18(27(29)30)9-10-20(21)23-26-22(24(28)32-23)14-17-7-4-8-19(13-17)31-12-11-16-5-2-1-3-6-16/h1-10,13-15H,11-12H2/b22-14-. The molecule has 1 heterocycles. The van der Waals surface area contributed by atoms with Gasteiger partial charge in [0.2, 0.25) is 5.90 Å². The number of cyclic esters (lactones) is 1. The van der Waals surface area contributed by atoms with Crippen molar-refractivity contribution in [3.8, 4) is 5.75 Å². The van der Waals surface area contributed by atoms with Gasteiger partial charge in [-0.3, -0.25) is 10.1 Å². The monoisotopic (exact) mass is 448 g/mol. The van der Waals surface area contributed by atoms with Crippen LogP contribution in [0.5, 0.6) is 5.75 Å². The van der Waals surface area contributed by atoms with E-state index in [1.54, 1.807) is 12.1 Å². The van der Waals surface area contributed by atoms with Gasteiger partial charge in [0.1, 0.15) is 5.75 Å². The minimum atomic E-state index is -0.634. The van der Waals surface area contributed by atoms with Gasteiger partial charge in [-0.1, -0.05) is 54.1 Å². The Hall–Kier alpha value is -3.97. The molecule has 1 aliphatic rings. The first-order valence-electron chi connectivity index (χ1n) is 9.73. The summed E-state index contributed by atoms with van der Waals surface area (Å²) in [5, 5.41) is 10.9. The van der Waals surface area contributed by atoms with Crippen LogP contribution in [0.2, 0.25) is 5.02 Å². The molecule has 0 aromatic heterocycles. The van der Waals surface area contributed by atoms with Gasteiger partial charge >= 0.3 is 5.97 Å². The van der Waals surface area contributed by atoms with Gasteiger partial charge in [-0.05, 0) is 35.4 Å². The number of ether oxygens (including phenoxy) is 2. The summed E-state index contributed by atoms with van der Waals surface area (Å²) < 4.78 is 11.0. The molecule has 32 heavy (non-hydrogen) atoms. The second-order valence-corrected chi connectivity index (χ2v) is 7.32. The molecule has 0 spiro atoms. The predicted octanol–water partition coefficient (Wildman–Crippen LogP) is 5.21. The van der Waals surface area contributed by atoms with Crippen molar-refractivity contribution in [2.45, 2.75) is 6.42 Å². The molecule has 0 N–H and O–H groups in total. The lowest BCUT2D eigenvalue weighted by Gasteiger charge is -2.07. The van der Waals surface area contributed by atoms with Crippen molar-refractivity contribution in [3.05, 3.63) is 110 Å². The Bertz CT molecular complexity index is 1240. The van der Waals surface area contributed by atoms with Crippen LogP contribution in [-0.2, 0) is 16.0 Å². The van der Waals surface area contributed by atoms with Crippen molar-refractivity contribution in [2.24, 2.45) is 4.99 Å². The Balaban J connectivity index is 1.48. The fraction of sp³-hybridized carbons (Fsp3) is 0.0833. The van der Waals surface area contributed by atoms with Crippen molar-refractivity contribution in [1.82, 2.24) is 0 Å². The quantitative estimate of drug-likeness (QED) is 0.214. The molecule has 0 bridgehead atoms. The highest BCUT2D eigenvalue weighted by atomic mass is 35.5. The molecule has 3 aromatic carbocycles. The van der Waals surface area contributed by atoms with Crippen LogP contribution >= 0.6 is 11.6 Å².